The number of rotatable bonds is 2. The molecular formula is C13H14. The first-order valence-corrected chi connectivity index (χ1v) is 4.80. The first kappa shape index (κ1) is 8.31. The summed E-state index contributed by atoms with van der Waals surface area (Å²) in [6, 6.07) is 8.67. The summed E-state index contributed by atoms with van der Waals surface area (Å²) in [5, 5.41) is 0. The van der Waals surface area contributed by atoms with Gasteiger partial charge in [0.05, 0.1) is 0 Å². The Kier molecular flexibility index (Phi) is 2.31. The Morgan fingerprint density at radius 3 is 3.00 bits per heavy atom. The quantitative estimate of drug-likeness (QED) is 0.595. The van der Waals surface area contributed by atoms with Crippen molar-refractivity contribution in [3.63, 3.8) is 0 Å². The van der Waals surface area contributed by atoms with Gasteiger partial charge in [0.15, 0.2) is 0 Å². The second kappa shape index (κ2) is 3.61. The summed E-state index contributed by atoms with van der Waals surface area (Å²) < 4.78 is 0. The Morgan fingerprint density at radius 2 is 2.15 bits per heavy atom. The minimum absolute atomic E-state index is 1.08. The van der Waals surface area contributed by atoms with Crippen LogP contribution < -0.4 is 0 Å². The van der Waals surface area contributed by atoms with Crippen molar-refractivity contribution >= 4 is 5.57 Å². The van der Waals surface area contributed by atoms with Gasteiger partial charge in [-0.3, -0.25) is 0 Å². The molecule has 0 heteroatoms. The zero-order chi connectivity index (χ0) is 9.10. The lowest BCUT2D eigenvalue weighted by atomic mass is 10.0. The maximum Gasteiger partial charge on any atom is -0.00853 e. The van der Waals surface area contributed by atoms with Crippen molar-refractivity contribution in [1.29, 1.82) is 0 Å². The van der Waals surface area contributed by atoms with Gasteiger partial charge in [-0.2, -0.15) is 0 Å². The fourth-order valence-corrected chi connectivity index (χ4v) is 1.79. The lowest BCUT2D eigenvalue weighted by molar-refractivity contribution is 1.31. The van der Waals surface area contributed by atoms with Gasteiger partial charge in [0.25, 0.3) is 0 Å². The van der Waals surface area contributed by atoms with E-state index >= 15 is 0 Å². The summed E-state index contributed by atoms with van der Waals surface area (Å²) >= 11 is 0. The smallest absolute Gasteiger partial charge is 0.00853 e. The van der Waals surface area contributed by atoms with E-state index in [1.165, 1.54) is 16.7 Å². The minimum atomic E-state index is 1.08. The molecule has 13 heavy (non-hydrogen) atoms. The SMILES string of the molecule is CC=CCC1=CCc2ccccc21. The molecule has 0 aromatic heterocycles. The van der Waals surface area contributed by atoms with E-state index in [2.05, 4.69) is 49.4 Å². The van der Waals surface area contributed by atoms with Crippen molar-refractivity contribution in [3.05, 3.63) is 53.6 Å². The zero-order valence-corrected chi connectivity index (χ0v) is 7.96. The van der Waals surface area contributed by atoms with E-state index in [9.17, 15) is 0 Å². The van der Waals surface area contributed by atoms with Crippen molar-refractivity contribution in [1.82, 2.24) is 0 Å². The van der Waals surface area contributed by atoms with E-state index in [0.29, 0.717) is 0 Å². The molecule has 0 radical (unpaired) electrons. The third kappa shape index (κ3) is 1.57. The monoisotopic (exact) mass is 170 g/mol. The fraction of sp³-hybridized carbons (Fsp3) is 0.231. The Balaban J connectivity index is 2.25. The molecule has 1 aromatic rings. The number of fused-ring (bicyclic) bond motifs is 1. The largest absolute Gasteiger partial charge is 0.0913 e. The number of hydrogen-bond donors (Lipinski definition) is 0. The molecule has 0 heterocycles. The Bertz CT molecular complexity index is 356. The van der Waals surface area contributed by atoms with E-state index in [-0.39, 0.29) is 0 Å². The van der Waals surface area contributed by atoms with Crippen molar-refractivity contribution in [3.8, 4) is 0 Å². The maximum absolute atomic E-state index is 2.34. The summed E-state index contributed by atoms with van der Waals surface area (Å²) in [4.78, 5) is 0. The van der Waals surface area contributed by atoms with Crippen LogP contribution in [0.15, 0.2) is 42.5 Å². The topological polar surface area (TPSA) is 0 Å². The van der Waals surface area contributed by atoms with Crippen LogP contribution in [0.4, 0.5) is 0 Å². The van der Waals surface area contributed by atoms with Crippen LogP contribution in [0.1, 0.15) is 24.5 Å². The van der Waals surface area contributed by atoms with Crippen molar-refractivity contribution < 1.29 is 0 Å². The van der Waals surface area contributed by atoms with Crippen molar-refractivity contribution in [2.24, 2.45) is 0 Å². The summed E-state index contributed by atoms with van der Waals surface area (Å²) in [7, 11) is 0. The predicted octanol–water partition coefficient (Wildman–Crippen LogP) is 3.59. The molecule has 0 bridgehead atoms. The maximum atomic E-state index is 2.34. The molecule has 1 aliphatic carbocycles. The average molecular weight is 170 g/mol. The van der Waals surface area contributed by atoms with Gasteiger partial charge in [0.2, 0.25) is 0 Å². The molecular weight excluding hydrogens is 156 g/mol. The van der Waals surface area contributed by atoms with E-state index in [1.807, 2.05) is 0 Å². The van der Waals surface area contributed by atoms with Gasteiger partial charge < -0.3 is 0 Å². The lowest BCUT2D eigenvalue weighted by Gasteiger charge is -2.01. The van der Waals surface area contributed by atoms with Gasteiger partial charge >= 0.3 is 0 Å². The highest BCUT2D eigenvalue weighted by Gasteiger charge is 2.10. The van der Waals surface area contributed by atoms with Crippen LogP contribution >= 0.6 is 0 Å². The summed E-state index contributed by atoms with van der Waals surface area (Å²) in [6.45, 7) is 2.07. The minimum Gasteiger partial charge on any atom is -0.0913 e. The number of hydrogen-bond acceptors (Lipinski definition) is 0. The van der Waals surface area contributed by atoms with Crippen molar-refractivity contribution in [2.45, 2.75) is 19.8 Å². The third-order valence-electron chi connectivity index (χ3n) is 2.51. The van der Waals surface area contributed by atoms with Gasteiger partial charge in [-0.1, -0.05) is 42.5 Å². The van der Waals surface area contributed by atoms with Gasteiger partial charge in [-0.15, -0.1) is 0 Å². The van der Waals surface area contributed by atoms with Crippen LogP contribution in [0.25, 0.3) is 5.57 Å². The van der Waals surface area contributed by atoms with Crippen LogP contribution in [0.5, 0.6) is 0 Å². The summed E-state index contributed by atoms with van der Waals surface area (Å²) in [5.74, 6) is 0. The Hall–Kier alpha value is -1.30. The molecule has 0 N–H and O–H groups in total. The molecule has 1 aliphatic rings. The summed E-state index contributed by atoms with van der Waals surface area (Å²) in [6.07, 6.45) is 8.86. The molecule has 0 unspecified atom stereocenters. The van der Waals surface area contributed by atoms with E-state index < -0.39 is 0 Å². The second-order valence-corrected chi connectivity index (χ2v) is 3.36. The Morgan fingerprint density at radius 1 is 1.31 bits per heavy atom. The molecule has 0 saturated carbocycles. The highest BCUT2D eigenvalue weighted by atomic mass is 14.1. The van der Waals surface area contributed by atoms with Crippen LogP contribution in [0, 0.1) is 0 Å². The van der Waals surface area contributed by atoms with Crippen LogP contribution in [0.2, 0.25) is 0 Å². The molecule has 2 rings (SSSR count). The van der Waals surface area contributed by atoms with Crippen LogP contribution in [-0.2, 0) is 6.42 Å². The molecule has 0 atom stereocenters. The third-order valence-corrected chi connectivity index (χ3v) is 2.51. The standard InChI is InChI=1S/C13H14/c1-2-3-6-11-9-10-12-7-4-5-8-13(11)12/h2-5,7-9H,6,10H2,1H3. The molecule has 0 saturated heterocycles. The van der Waals surface area contributed by atoms with Gasteiger partial charge in [0.1, 0.15) is 0 Å². The Labute approximate surface area is 79.6 Å². The van der Waals surface area contributed by atoms with E-state index in [1.54, 1.807) is 0 Å². The average Bonchev–Trinajstić information content (AvgIpc) is 2.58. The summed E-state index contributed by atoms with van der Waals surface area (Å²) in [5.41, 5.74) is 4.40. The van der Waals surface area contributed by atoms with Crippen LogP contribution in [-0.4, -0.2) is 0 Å². The normalized spacial score (nSPS) is 14.7. The molecule has 0 amide bonds. The second-order valence-electron chi connectivity index (χ2n) is 3.36. The molecule has 1 aromatic carbocycles. The lowest BCUT2D eigenvalue weighted by Crippen LogP contribution is -1.82. The molecule has 66 valence electrons. The zero-order valence-electron chi connectivity index (χ0n) is 7.96. The molecule has 0 fully saturated rings. The van der Waals surface area contributed by atoms with Gasteiger partial charge in [-0.05, 0) is 36.5 Å². The predicted molar refractivity (Wildman–Crippen MR) is 57.6 cm³/mol. The highest BCUT2D eigenvalue weighted by molar-refractivity contribution is 5.73. The molecule has 0 nitrogen and oxygen atoms in total. The molecule has 0 spiro atoms. The number of benzene rings is 1. The molecule has 0 aliphatic heterocycles. The highest BCUT2D eigenvalue weighted by Crippen LogP contribution is 2.29. The van der Waals surface area contributed by atoms with Crippen molar-refractivity contribution in [2.75, 3.05) is 0 Å². The van der Waals surface area contributed by atoms with E-state index in [0.717, 1.165) is 12.8 Å². The fourth-order valence-electron chi connectivity index (χ4n) is 1.79. The van der Waals surface area contributed by atoms with Gasteiger partial charge in [0, 0.05) is 0 Å². The first-order valence-electron chi connectivity index (χ1n) is 4.80. The van der Waals surface area contributed by atoms with Crippen LogP contribution in [0.3, 0.4) is 0 Å². The first-order chi connectivity index (χ1) is 6.42. The van der Waals surface area contributed by atoms with Gasteiger partial charge in [-0.25, -0.2) is 0 Å². The van der Waals surface area contributed by atoms with E-state index in [4.69, 9.17) is 0 Å². The number of allylic oxidation sites excluding steroid dienone is 4.